The van der Waals surface area contributed by atoms with Crippen molar-refractivity contribution in [1.82, 2.24) is 4.98 Å². The van der Waals surface area contributed by atoms with Crippen LogP contribution in [0.2, 0.25) is 0 Å². The first-order valence-electron chi connectivity index (χ1n) is 6.21. The molecule has 0 aliphatic heterocycles. The van der Waals surface area contributed by atoms with Crippen LogP contribution in [0.25, 0.3) is 11.1 Å². The molecule has 0 aliphatic rings. The summed E-state index contributed by atoms with van der Waals surface area (Å²) in [6.07, 6.45) is 0.738. The van der Waals surface area contributed by atoms with Gasteiger partial charge in [-0.15, -0.1) is 11.3 Å². The zero-order chi connectivity index (χ0) is 14.1. The second-order valence-electron chi connectivity index (χ2n) is 4.30. The summed E-state index contributed by atoms with van der Waals surface area (Å²) < 4.78 is 5.53. The van der Waals surface area contributed by atoms with E-state index in [1.54, 1.807) is 29.6 Å². The maximum absolute atomic E-state index is 12.1. The molecule has 6 heteroatoms. The van der Waals surface area contributed by atoms with E-state index in [1.165, 1.54) is 11.3 Å². The molecule has 2 aromatic heterocycles. The summed E-state index contributed by atoms with van der Waals surface area (Å²) in [5.74, 6) is 0.474. The fourth-order valence-electron chi connectivity index (χ4n) is 1.90. The third-order valence-corrected chi connectivity index (χ3v) is 3.82. The lowest BCUT2D eigenvalue weighted by molar-refractivity contribution is 0.103. The highest BCUT2D eigenvalue weighted by Gasteiger charge is 2.12. The van der Waals surface area contributed by atoms with Gasteiger partial charge in [0.25, 0.3) is 5.91 Å². The van der Waals surface area contributed by atoms with Gasteiger partial charge in [0.1, 0.15) is 10.4 Å². The Balaban J connectivity index is 1.87. The Morgan fingerprint density at radius 1 is 1.45 bits per heavy atom. The highest BCUT2D eigenvalue weighted by atomic mass is 32.1. The summed E-state index contributed by atoms with van der Waals surface area (Å²) in [7, 11) is 0. The summed E-state index contributed by atoms with van der Waals surface area (Å²) in [6, 6.07) is 7.09. The minimum Gasteiger partial charge on any atom is -0.441 e. The largest absolute Gasteiger partial charge is 0.441 e. The molecule has 0 spiro atoms. The van der Waals surface area contributed by atoms with Gasteiger partial charge in [-0.05, 0) is 29.6 Å². The lowest BCUT2D eigenvalue weighted by Crippen LogP contribution is -2.11. The van der Waals surface area contributed by atoms with Crippen molar-refractivity contribution >= 4 is 39.7 Å². The van der Waals surface area contributed by atoms with E-state index < -0.39 is 0 Å². The molecule has 0 aliphatic carbocycles. The van der Waals surface area contributed by atoms with Gasteiger partial charge < -0.3 is 15.5 Å². The molecule has 3 rings (SSSR count). The first kappa shape index (κ1) is 12.7. The summed E-state index contributed by atoms with van der Waals surface area (Å²) in [5.41, 5.74) is 8.34. The van der Waals surface area contributed by atoms with Gasteiger partial charge in [-0.3, -0.25) is 4.79 Å². The van der Waals surface area contributed by atoms with Crippen LogP contribution in [0.3, 0.4) is 0 Å². The van der Waals surface area contributed by atoms with E-state index in [0.29, 0.717) is 22.1 Å². The number of nitrogens with one attached hydrogen (secondary N) is 1. The van der Waals surface area contributed by atoms with Gasteiger partial charge in [0.15, 0.2) is 11.5 Å². The number of oxazole rings is 1. The van der Waals surface area contributed by atoms with E-state index in [1.807, 2.05) is 6.92 Å². The number of thiophene rings is 1. The maximum Gasteiger partial charge on any atom is 0.267 e. The van der Waals surface area contributed by atoms with E-state index in [0.717, 1.165) is 17.5 Å². The molecule has 0 radical (unpaired) electrons. The van der Waals surface area contributed by atoms with Crippen LogP contribution in [-0.2, 0) is 6.42 Å². The Kier molecular flexibility index (Phi) is 3.15. The van der Waals surface area contributed by atoms with Crippen LogP contribution in [0.15, 0.2) is 34.1 Å². The van der Waals surface area contributed by atoms with Gasteiger partial charge in [0, 0.05) is 12.1 Å². The number of aryl methyl sites for hydroxylation is 1. The number of carbonyl (C=O) groups is 1. The second kappa shape index (κ2) is 4.97. The predicted octanol–water partition coefficient (Wildman–Crippen LogP) is 3.29. The van der Waals surface area contributed by atoms with Gasteiger partial charge in [-0.1, -0.05) is 6.92 Å². The summed E-state index contributed by atoms with van der Waals surface area (Å²) in [5, 5.41) is 4.60. The third-order valence-electron chi connectivity index (χ3n) is 2.89. The first-order valence-corrected chi connectivity index (χ1v) is 7.09. The highest BCUT2D eigenvalue weighted by molar-refractivity contribution is 7.12. The molecular formula is C14H13N3O2S. The third kappa shape index (κ3) is 2.25. The minimum absolute atomic E-state index is 0.212. The summed E-state index contributed by atoms with van der Waals surface area (Å²) >= 11 is 1.32. The molecule has 3 N–H and O–H groups in total. The summed E-state index contributed by atoms with van der Waals surface area (Å²) in [4.78, 5) is 16.9. The van der Waals surface area contributed by atoms with Crippen LogP contribution >= 0.6 is 11.3 Å². The number of hydrogen-bond donors (Lipinski definition) is 2. The monoisotopic (exact) mass is 287 g/mol. The molecule has 0 saturated carbocycles. The fraction of sp³-hybridized carbons (Fsp3) is 0.143. The van der Waals surface area contributed by atoms with Gasteiger partial charge in [0.05, 0.1) is 5.69 Å². The van der Waals surface area contributed by atoms with E-state index in [4.69, 9.17) is 10.2 Å². The first-order chi connectivity index (χ1) is 9.67. The smallest absolute Gasteiger partial charge is 0.267 e. The van der Waals surface area contributed by atoms with Gasteiger partial charge >= 0.3 is 0 Å². The van der Waals surface area contributed by atoms with Crippen molar-refractivity contribution in [2.45, 2.75) is 13.3 Å². The van der Waals surface area contributed by atoms with Crippen LogP contribution in [0.1, 0.15) is 22.5 Å². The molecule has 1 aromatic carbocycles. The molecule has 102 valence electrons. The van der Waals surface area contributed by atoms with Crippen LogP contribution in [0.4, 0.5) is 11.4 Å². The van der Waals surface area contributed by atoms with E-state index in [-0.39, 0.29) is 5.91 Å². The molecule has 1 amide bonds. The van der Waals surface area contributed by atoms with Crippen molar-refractivity contribution in [2.75, 3.05) is 11.1 Å². The average molecular weight is 287 g/mol. The normalized spacial score (nSPS) is 10.8. The van der Waals surface area contributed by atoms with E-state index in [2.05, 4.69) is 10.3 Å². The Bertz CT molecular complexity index is 776. The molecule has 0 unspecified atom stereocenters. The van der Waals surface area contributed by atoms with Crippen LogP contribution < -0.4 is 11.1 Å². The molecule has 20 heavy (non-hydrogen) atoms. The average Bonchev–Trinajstić information content (AvgIpc) is 3.03. The van der Waals surface area contributed by atoms with Crippen LogP contribution in [0.5, 0.6) is 0 Å². The zero-order valence-corrected chi connectivity index (χ0v) is 11.7. The van der Waals surface area contributed by atoms with Crippen molar-refractivity contribution < 1.29 is 9.21 Å². The SMILES string of the molecule is CCc1nc2cc(NC(=O)c3sccc3N)ccc2o1. The topological polar surface area (TPSA) is 81.2 Å². The standard InChI is InChI=1S/C14H13N3O2S/c1-2-12-17-10-7-8(3-4-11(10)19-12)16-14(18)13-9(15)5-6-20-13/h3-7H,2,15H2,1H3,(H,16,18). The number of carbonyl (C=O) groups excluding carboxylic acids is 1. The van der Waals surface area contributed by atoms with Gasteiger partial charge in [-0.2, -0.15) is 0 Å². The molecule has 5 nitrogen and oxygen atoms in total. The number of rotatable bonds is 3. The number of nitrogens with zero attached hydrogens (tertiary/aromatic N) is 1. The summed E-state index contributed by atoms with van der Waals surface area (Å²) in [6.45, 7) is 1.98. The fourth-order valence-corrected chi connectivity index (χ4v) is 2.61. The predicted molar refractivity (Wildman–Crippen MR) is 80.1 cm³/mol. The number of nitrogen functional groups attached to an aromatic ring is 1. The van der Waals surface area contributed by atoms with Crippen LogP contribution in [-0.4, -0.2) is 10.9 Å². The van der Waals surface area contributed by atoms with Gasteiger partial charge in [0.2, 0.25) is 0 Å². The molecule has 0 fully saturated rings. The molecule has 0 atom stereocenters. The molecule has 0 bridgehead atoms. The Hall–Kier alpha value is -2.34. The number of nitrogens with two attached hydrogens (primary N) is 1. The number of fused-ring (bicyclic) bond motifs is 1. The quantitative estimate of drug-likeness (QED) is 0.774. The molecular weight excluding hydrogens is 274 g/mol. The highest BCUT2D eigenvalue weighted by Crippen LogP contribution is 2.23. The zero-order valence-electron chi connectivity index (χ0n) is 10.8. The number of amides is 1. The van der Waals surface area contributed by atoms with E-state index >= 15 is 0 Å². The second-order valence-corrected chi connectivity index (χ2v) is 5.22. The Labute approximate surface area is 119 Å². The lowest BCUT2D eigenvalue weighted by atomic mass is 10.2. The minimum atomic E-state index is -0.212. The van der Waals surface area contributed by atoms with Crippen molar-refractivity contribution in [3.63, 3.8) is 0 Å². The lowest BCUT2D eigenvalue weighted by Gasteiger charge is -2.03. The maximum atomic E-state index is 12.1. The molecule has 3 aromatic rings. The van der Waals surface area contributed by atoms with Gasteiger partial charge in [-0.25, -0.2) is 4.98 Å². The van der Waals surface area contributed by atoms with Crippen LogP contribution in [0, 0.1) is 0 Å². The number of aromatic nitrogens is 1. The van der Waals surface area contributed by atoms with Crippen molar-refractivity contribution in [3.05, 3.63) is 40.4 Å². The van der Waals surface area contributed by atoms with Crippen molar-refractivity contribution in [1.29, 1.82) is 0 Å². The number of hydrogen-bond acceptors (Lipinski definition) is 5. The molecule has 2 heterocycles. The van der Waals surface area contributed by atoms with E-state index in [9.17, 15) is 4.79 Å². The Morgan fingerprint density at radius 2 is 2.30 bits per heavy atom. The Morgan fingerprint density at radius 3 is 3.00 bits per heavy atom. The number of benzene rings is 1. The van der Waals surface area contributed by atoms with Crippen molar-refractivity contribution in [2.24, 2.45) is 0 Å². The molecule has 0 saturated heterocycles. The van der Waals surface area contributed by atoms with Crippen molar-refractivity contribution in [3.8, 4) is 0 Å². The number of anilines is 2.